The highest BCUT2D eigenvalue weighted by Gasteiger charge is 2.22. The van der Waals surface area contributed by atoms with Crippen LogP contribution in [0.3, 0.4) is 0 Å². The van der Waals surface area contributed by atoms with Crippen LogP contribution in [0, 0.1) is 19.7 Å². The Bertz CT molecular complexity index is 545. The first-order valence-electron chi connectivity index (χ1n) is 6.40. The van der Waals surface area contributed by atoms with Gasteiger partial charge < -0.3 is 5.32 Å². The van der Waals surface area contributed by atoms with Crippen molar-refractivity contribution >= 4 is 10.0 Å². The molecule has 0 unspecified atom stereocenters. The van der Waals surface area contributed by atoms with Gasteiger partial charge in [0.2, 0.25) is 10.0 Å². The molecule has 0 aliphatic heterocycles. The first kappa shape index (κ1) is 14.4. The van der Waals surface area contributed by atoms with Crippen molar-refractivity contribution < 1.29 is 12.8 Å². The maximum Gasteiger partial charge on any atom is 0.241 e. The third-order valence-electron chi connectivity index (χ3n) is 3.12. The van der Waals surface area contributed by atoms with Crippen LogP contribution in [0.5, 0.6) is 0 Å². The average molecular weight is 286 g/mol. The molecule has 6 heteroatoms. The van der Waals surface area contributed by atoms with Crippen LogP contribution in [0.25, 0.3) is 0 Å². The van der Waals surface area contributed by atoms with Gasteiger partial charge in [-0.3, -0.25) is 0 Å². The Morgan fingerprint density at radius 3 is 2.32 bits per heavy atom. The number of hydrogen-bond donors (Lipinski definition) is 2. The van der Waals surface area contributed by atoms with Crippen molar-refractivity contribution in [3.8, 4) is 0 Å². The number of benzene rings is 1. The fourth-order valence-electron chi connectivity index (χ4n) is 2.14. The zero-order chi connectivity index (χ0) is 14.0. The van der Waals surface area contributed by atoms with Crippen LogP contribution in [-0.4, -0.2) is 27.5 Å². The van der Waals surface area contributed by atoms with Crippen molar-refractivity contribution in [3.05, 3.63) is 29.1 Å². The number of nitrogens with one attached hydrogen (secondary N) is 2. The average Bonchev–Trinajstić information content (AvgIpc) is 3.06. The van der Waals surface area contributed by atoms with Crippen LogP contribution in [-0.2, 0) is 10.0 Å². The van der Waals surface area contributed by atoms with E-state index in [-0.39, 0.29) is 4.90 Å². The highest BCUT2D eigenvalue weighted by molar-refractivity contribution is 7.89. The standard InChI is InChI=1S/C13H19FN2O2S/c1-9-7-11(14)8-10(2)13(9)19(17,18)16-6-5-15-12-3-4-12/h7-8,12,15-16H,3-6H2,1-2H3. The molecule has 2 N–H and O–H groups in total. The lowest BCUT2D eigenvalue weighted by Crippen LogP contribution is -2.33. The molecule has 106 valence electrons. The van der Waals surface area contributed by atoms with Crippen molar-refractivity contribution in [2.45, 2.75) is 37.6 Å². The van der Waals surface area contributed by atoms with Crippen molar-refractivity contribution in [2.75, 3.05) is 13.1 Å². The predicted molar refractivity (Wildman–Crippen MR) is 72.1 cm³/mol. The summed E-state index contributed by atoms with van der Waals surface area (Å²) >= 11 is 0. The van der Waals surface area contributed by atoms with Crippen LogP contribution >= 0.6 is 0 Å². The summed E-state index contributed by atoms with van der Waals surface area (Å²) in [5.74, 6) is -0.413. The lowest BCUT2D eigenvalue weighted by atomic mass is 10.1. The molecule has 19 heavy (non-hydrogen) atoms. The third kappa shape index (κ3) is 3.75. The molecule has 1 fully saturated rings. The Hall–Kier alpha value is -0.980. The number of hydrogen-bond acceptors (Lipinski definition) is 3. The fraction of sp³-hybridized carbons (Fsp3) is 0.538. The third-order valence-corrected chi connectivity index (χ3v) is 4.89. The highest BCUT2D eigenvalue weighted by atomic mass is 32.2. The molecule has 1 saturated carbocycles. The smallest absolute Gasteiger partial charge is 0.241 e. The van der Waals surface area contributed by atoms with Crippen molar-refractivity contribution in [1.82, 2.24) is 10.0 Å². The van der Waals surface area contributed by atoms with Gasteiger partial charge in [0.1, 0.15) is 5.82 Å². The van der Waals surface area contributed by atoms with Crippen molar-refractivity contribution in [2.24, 2.45) is 0 Å². The van der Waals surface area contributed by atoms with Gasteiger partial charge >= 0.3 is 0 Å². The summed E-state index contributed by atoms with van der Waals surface area (Å²) in [4.78, 5) is 0.181. The number of sulfonamides is 1. The maximum atomic E-state index is 13.2. The summed E-state index contributed by atoms with van der Waals surface area (Å²) in [5, 5.41) is 3.23. The molecule has 0 atom stereocenters. The zero-order valence-corrected chi connectivity index (χ0v) is 12.0. The van der Waals surface area contributed by atoms with Gasteiger partial charge in [-0.25, -0.2) is 17.5 Å². The second-order valence-corrected chi connectivity index (χ2v) is 6.70. The Labute approximate surface area is 113 Å². The van der Waals surface area contributed by atoms with Gasteiger partial charge in [0.25, 0.3) is 0 Å². The largest absolute Gasteiger partial charge is 0.313 e. The first-order chi connectivity index (χ1) is 8.90. The molecule has 0 radical (unpaired) electrons. The molecule has 0 spiro atoms. The van der Waals surface area contributed by atoms with E-state index in [2.05, 4.69) is 10.0 Å². The number of rotatable bonds is 6. The van der Waals surface area contributed by atoms with Crippen molar-refractivity contribution in [1.29, 1.82) is 0 Å². The van der Waals surface area contributed by atoms with E-state index in [1.54, 1.807) is 13.8 Å². The van der Waals surface area contributed by atoms with Crippen LogP contribution in [0.2, 0.25) is 0 Å². The van der Waals surface area contributed by atoms with Gasteiger partial charge in [-0.05, 0) is 49.9 Å². The van der Waals surface area contributed by atoms with E-state index in [0.29, 0.717) is 30.3 Å². The summed E-state index contributed by atoms with van der Waals surface area (Å²) < 4.78 is 40.1. The second kappa shape index (κ2) is 5.56. The van der Waals surface area contributed by atoms with Crippen LogP contribution < -0.4 is 10.0 Å². The second-order valence-electron chi connectivity index (χ2n) is 4.99. The molecule has 0 aromatic heterocycles. The van der Waals surface area contributed by atoms with E-state index in [0.717, 1.165) is 0 Å². The van der Waals surface area contributed by atoms with Gasteiger partial charge in [0, 0.05) is 19.1 Å². The van der Waals surface area contributed by atoms with E-state index in [4.69, 9.17) is 0 Å². The molecule has 0 heterocycles. The molecule has 1 aromatic carbocycles. The molecule has 0 amide bonds. The fourth-order valence-corrected chi connectivity index (χ4v) is 3.62. The van der Waals surface area contributed by atoms with E-state index >= 15 is 0 Å². The normalized spacial score (nSPS) is 15.7. The summed E-state index contributed by atoms with van der Waals surface area (Å²) in [6, 6.07) is 3.03. The minimum absolute atomic E-state index is 0.181. The van der Waals surface area contributed by atoms with E-state index in [1.807, 2.05) is 0 Å². The van der Waals surface area contributed by atoms with Crippen LogP contribution in [0.4, 0.5) is 4.39 Å². The minimum Gasteiger partial charge on any atom is -0.313 e. The van der Waals surface area contributed by atoms with Gasteiger partial charge in [0.05, 0.1) is 4.90 Å². The Morgan fingerprint density at radius 2 is 1.79 bits per heavy atom. The van der Waals surface area contributed by atoms with E-state index in [1.165, 1.54) is 25.0 Å². The number of halogens is 1. The van der Waals surface area contributed by atoms with E-state index < -0.39 is 15.8 Å². The summed E-state index contributed by atoms with van der Waals surface area (Å²) in [7, 11) is -3.57. The molecule has 0 bridgehead atoms. The lowest BCUT2D eigenvalue weighted by Gasteiger charge is -2.12. The summed E-state index contributed by atoms with van der Waals surface area (Å²) in [5.41, 5.74) is 0.861. The number of aryl methyl sites for hydroxylation is 2. The van der Waals surface area contributed by atoms with Gasteiger partial charge in [-0.15, -0.1) is 0 Å². The molecule has 1 aliphatic rings. The van der Waals surface area contributed by atoms with Gasteiger partial charge in [-0.2, -0.15) is 0 Å². The monoisotopic (exact) mass is 286 g/mol. The maximum absolute atomic E-state index is 13.2. The zero-order valence-electron chi connectivity index (χ0n) is 11.2. The molecule has 0 saturated heterocycles. The summed E-state index contributed by atoms with van der Waals surface area (Å²) in [6.45, 7) is 4.17. The van der Waals surface area contributed by atoms with E-state index in [9.17, 15) is 12.8 Å². The SMILES string of the molecule is Cc1cc(F)cc(C)c1S(=O)(=O)NCCNC1CC1. The van der Waals surface area contributed by atoms with Crippen LogP contribution in [0.1, 0.15) is 24.0 Å². The van der Waals surface area contributed by atoms with Gasteiger partial charge in [0.15, 0.2) is 0 Å². The Balaban J connectivity index is 2.05. The Kier molecular flexibility index (Phi) is 4.23. The Morgan fingerprint density at radius 1 is 1.21 bits per heavy atom. The topological polar surface area (TPSA) is 58.2 Å². The molecule has 1 aliphatic carbocycles. The minimum atomic E-state index is -3.57. The first-order valence-corrected chi connectivity index (χ1v) is 7.88. The molecular formula is C13H19FN2O2S. The predicted octanol–water partition coefficient (Wildman–Crippen LogP) is 1.47. The van der Waals surface area contributed by atoms with Gasteiger partial charge in [-0.1, -0.05) is 0 Å². The molecule has 2 rings (SSSR count). The molecule has 4 nitrogen and oxygen atoms in total. The molecular weight excluding hydrogens is 267 g/mol. The molecule has 1 aromatic rings. The summed E-state index contributed by atoms with van der Waals surface area (Å²) in [6.07, 6.45) is 2.34. The van der Waals surface area contributed by atoms with Crippen molar-refractivity contribution in [3.63, 3.8) is 0 Å². The quantitative estimate of drug-likeness (QED) is 0.779. The highest BCUT2D eigenvalue weighted by Crippen LogP contribution is 2.21. The van der Waals surface area contributed by atoms with Crippen LogP contribution in [0.15, 0.2) is 17.0 Å². The lowest BCUT2D eigenvalue weighted by molar-refractivity contribution is 0.573.